The van der Waals surface area contributed by atoms with E-state index >= 15 is 0 Å². The highest BCUT2D eigenvalue weighted by atomic mass is 16.5. The molecule has 6 heteroatoms. The van der Waals surface area contributed by atoms with Gasteiger partial charge in [0, 0.05) is 0 Å². The molecule has 1 N–H and O–H groups in total. The fourth-order valence-electron chi connectivity index (χ4n) is 1.44. The van der Waals surface area contributed by atoms with Gasteiger partial charge in [-0.1, -0.05) is 13.8 Å². The zero-order valence-electron chi connectivity index (χ0n) is 9.04. The molecule has 1 aromatic rings. The van der Waals surface area contributed by atoms with Crippen LogP contribution in [0.2, 0.25) is 0 Å². The zero-order valence-corrected chi connectivity index (χ0v) is 9.04. The van der Waals surface area contributed by atoms with Gasteiger partial charge >= 0.3 is 5.97 Å². The Kier molecular flexibility index (Phi) is 3.79. The number of aromatic nitrogens is 3. The topological polar surface area (TPSA) is 77.2 Å². The summed E-state index contributed by atoms with van der Waals surface area (Å²) < 4.78 is 6.24. The lowest BCUT2D eigenvalue weighted by atomic mass is 10.0. The molecule has 6 nitrogen and oxygen atoms in total. The van der Waals surface area contributed by atoms with E-state index in [1.54, 1.807) is 0 Å². The Morgan fingerprint density at radius 3 is 2.80 bits per heavy atom. The summed E-state index contributed by atoms with van der Waals surface area (Å²) in [6.07, 6.45) is 1.42. The Morgan fingerprint density at radius 2 is 2.33 bits per heavy atom. The average molecular weight is 213 g/mol. The van der Waals surface area contributed by atoms with Gasteiger partial charge < -0.3 is 14.4 Å². The second-order valence-electron chi connectivity index (χ2n) is 3.52. The largest absolute Gasteiger partial charge is 0.467 e. The lowest BCUT2D eigenvalue weighted by molar-refractivity contribution is -0.146. The highest BCUT2D eigenvalue weighted by Crippen LogP contribution is 2.20. The lowest BCUT2D eigenvalue weighted by Gasteiger charge is -2.20. The first-order valence-electron chi connectivity index (χ1n) is 4.68. The molecular weight excluding hydrogens is 198 g/mol. The van der Waals surface area contributed by atoms with Gasteiger partial charge in [0.05, 0.1) is 7.11 Å². The van der Waals surface area contributed by atoms with E-state index in [1.165, 1.54) is 18.0 Å². The minimum Gasteiger partial charge on any atom is -0.467 e. The van der Waals surface area contributed by atoms with E-state index in [0.29, 0.717) is 5.82 Å². The van der Waals surface area contributed by atoms with Crippen LogP contribution in [-0.2, 0) is 16.1 Å². The summed E-state index contributed by atoms with van der Waals surface area (Å²) in [4.78, 5) is 11.5. The highest BCUT2D eigenvalue weighted by Gasteiger charge is 2.26. The van der Waals surface area contributed by atoms with Crippen LogP contribution in [-0.4, -0.2) is 33.0 Å². The van der Waals surface area contributed by atoms with Crippen molar-refractivity contribution in [2.45, 2.75) is 26.5 Å². The number of carbonyl (C=O) groups excluding carboxylic acids is 1. The van der Waals surface area contributed by atoms with Crippen LogP contribution in [0, 0.1) is 5.92 Å². The fraction of sp³-hybridized carbons (Fsp3) is 0.667. The van der Waals surface area contributed by atoms with E-state index in [2.05, 4.69) is 10.2 Å². The maximum absolute atomic E-state index is 11.5. The second-order valence-corrected chi connectivity index (χ2v) is 3.52. The van der Waals surface area contributed by atoms with Crippen molar-refractivity contribution in [3.8, 4) is 0 Å². The van der Waals surface area contributed by atoms with Gasteiger partial charge in [0.15, 0.2) is 5.82 Å². The SMILES string of the molecule is COC(=O)C(C(C)C)n1cnnc1CO. The van der Waals surface area contributed by atoms with Crippen LogP contribution in [0.1, 0.15) is 25.7 Å². The van der Waals surface area contributed by atoms with Crippen LogP contribution in [0.3, 0.4) is 0 Å². The summed E-state index contributed by atoms with van der Waals surface area (Å²) in [7, 11) is 1.33. The zero-order chi connectivity index (χ0) is 11.4. The predicted molar refractivity (Wildman–Crippen MR) is 51.8 cm³/mol. The summed E-state index contributed by atoms with van der Waals surface area (Å²) in [6, 6.07) is -0.493. The molecule has 0 saturated carbocycles. The highest BCUT2D eigenvalue weighted by molar-refractivity contribution is 5.74. The summed E-state index contributed by atoms with van der Waals surface area (Å²) in [5.74, 6) is 0.0392. The van der Waals surface area contributed by atoms with Gasteiger partial charge in [0.2, 0.25) is 0 Å². The van der Waals surface area contributed by atoms with Crippen molar-refractivity contribution in [2.24, 2.45) is 5.92 Å². The van der Waals surface area contributed by atoms with Gasteiger partial charge in [-0.05, 0) is 5.92 Å². The molecule has 0 aliphatic rings. The van der Waals surface area contributed by atoms with E-state index in [9.17, 15) is 4.79 Å². The Balaban J connectivity index is 3.04. The van der Waals surface area contributed by atoms with E-state index in [0.717, 1.165) is 0 Å². The molecule has 1 unspecified atom stereocenters. The van der Waals surface area contributed by atoms with Crippen molar-refractivity contribution < 1.29 is 14.6 Å². The third-order valence-corrected chi connectivity index (χ3v) is 2.16. The van der Waals surface area contributed by atoms with Gasteiger partial charge in [-0.2, -0.15) is 0 Å². The van der Waals surface area contributed by atoms with Crippen molar-refractivity contribution in [1.82, 2.24) is 14.8 Å². The Morgan fingerprint density at radius 1 is 1.67 bits per heavy atom. The molecule has 1 aromatic heterocycles. The van der Waals surface area contributed by atoms with Crippen molar-refractivity contribution in [1.29, 1.82) is 0 Å². The van der Waals surface area contributed by atoms with Crippen molar-refractivity contribution in [3.63, 3.8) is 0 Å². The third kappa shape index (κ3) is 2.33. The fourth-order valence-corrected chi connectivity index (χ4v) is 1.44. The lowest BCUT2D eigenvalue weighted by Crippen LogP contribution is -2.26. The number of methoxy groups -OCH3 is 1. The molecule has 0 aromatic carbocycles. The number of rotatable bonds is 4. The summed E-state index contributed by atoms with van der Waals surface area (Å²) in [5.41, 5.74) is 0. The first kappa shape index (κ1) is 11.6. The number of aliphatic hydroxyl groups is 1. The molecule has 0 spiro atoms. The quantitative estimate of drug-likeness (QED) is 0.720. The van der Waals surface area contributed by atoms with Crippen LogP contribution >= 0.6 is 0 Å². The first-order valence-corrected chi connectivity index (χ1v) is 4.68. The molecule has 1 heterocycles. The van der Waals surface area contributed by atoms with E-state index in [4.69, 9.17) is 9.84 Å². The van der Waals surface area contributed by atoms with E-state index < -0.39 is 6.04 Å². The molecule has 0 radical (unpaired) electrons. The van der Waals surface area contributed by atoms with Crippen LogP contribution in [0.5, 0.6) is 0 Å². The number of esters is 1. The molecule has 0 fully saturated rings. The maximum Gasteiger partial charge on any atom is 0.329 e. The standard InChI is InChI=1S/C9H15N3O3/c1-6(2)8(9(14)15-3)12-5-10-11-7(12)4-13/h5-6,8,13H,4H2,1-3H3. The summed E-state index contributed by atoms with van der Waals surface area (Å²) >= 11 is 0. The summed E-state index contributed by atoms with van der Waals surface area (Å²) in [5, 5.41) is 16.4. The molecule has 1 atom stereocenters. The van der Waals surface area contributed by atoms with Crippen LogP contribution in [0.15, 0.2) is 6.33 Å². The molecule has 15 heavy (non-hydrogen) atoms. The Bertz CT molecular complexity index is 335. The van der Waals surface area contributed by atoms with E-state index in [-0.39, 0.29) is 18.5 Å². The van der Waals surface area contributed by atoms with Gasteiger partial charge in [0.1, 0.15) is 19.0 Å². The molecule has 0 aliphatic heterocycles. The number of carbonyl (C=O) groups is 1. The molecule has 0 aliphatic carbocycles. The number of aliphatic hydroxyl groups excluding tert-OH is 1. The molecule has 0 saturated heterocycles. The van der Waals surface area contributed by atoms with Crippen molar-refractivity contribution in [3.05, 3.63) is 12.2 Å². The van der Waals surface area contributed by atoms with Crippen LogP contribution < -0.4 is 0 Å². The Hall–Kier alpha value is -1.43. The van der Waals surface area contributed by atoms with Gasteiger partial charge in [0.25, 0.3) is 0 Å². The summed E-state index contributed by atoms with van der Waals surface area (Å²) in [6.45, 7) is 3.53. The predicted octanol–water partition coefficient (Wildman–Crippen LogP) is 0.140. The number of hydrogen-bond donors (Lipinski definition) is 1. The van der Waals surface area contributed by atoms with Gasteiger partial charge in [-0.25, -0.2) is 4.79 Å². The number of nitrogens with zero attached hydrogens (tertiary/aromatic N) is 3. The van der Waals surface area contributed by atoms with Crippen molar-refractivity contribution in [2.75, 3.05) is 7.11 Å². The van der Waals surface area contributed by atoms with Gasteiger partial charge in [-0.3, -0.25) is 0 Å². The molecular formula is C9H15N3O3. The first-order chi connectivity index (χ1) is 7.11. The normalized spacial score (nSPS) is 12.9. The maximum atomic E-state index is 11.5. The monoisotopic (exact) mass is 213 g/mol. The van der Waals surface area contributed by atoms with Gasteiger partial charge in [-0.15, -0.1) is 10.2 Å². The second kappa shape index (κ2) is 4.88. The smallest absolute Gasteiger partial charge is 0.329 e. The molecule has 0 amide bonds. The Labute approximate surface area is 87.9 Å². The average Bonchev–Trinajstić information content (AvgIpc) is 2.65. The van der Waals surface area contributed by atoms with Crippen LogP contribution in [0.4, 0.5) is 0 Å². The molecule has 0 bridgehead atoms. The van der Waals surface area contributed by atoms with E-state index in [1.807, 2.05) is 13.8 Å². The van der Waals surface area contributed by atoms with Crippen LogP contribution in [0.25, 0.3) is 0 Å². The molecule has 84 valence electrons. The third-order valence-electron chi connectivity index (χ3n) is 2.16. The molecule has 1 rings (SSSR count). The minimum absolute atomic E-state index is 0.0405. The van der Waals surface area contributed by atoms with Crippen molar-refractivity contribution >= 4 is 5.97 Å². The number of ether oxygens (including phenoxy) is 1. The number of hydrogen-bond acceptors (Lipinski definition) is 5. The minimum atomic E-state index is -0.493.